The normalized spacial score (nSPS) is 13.7. The van der Waals surface area contributed by atoms with Crippen molar-refractivity contribution >= 4 is 11.9 Å². The van der Waals surface area contributed by atoms with Gasteiger partial charge in [0.25, 0.3) is 0 Å². The summed E-state index contributed by atoms with van der Waals surface area (Å²) in [5.41, 5.74) is 4.55. The van der Waals surface area contributed by atoms with E-state index in [1.807, 2.05) is 6.07 Å². The molecule has 0 radical (unpaired) electrons. The third kappa shape index (κ3) is 3.17. The van der Waals surface area contributed by atoms with Crippen molar-refractivity contribution in [1.82, 2.24) is 5.32 Å². The predicted molar refractivity (Wildman–Crippen MR) is 77.0 cm³/mol. The van der Waals surface area contributed by atoms with Crippen molar-refractivity contribution in [1.29, 1.82) is 0 Å². The Balaban J connectivity index is 2.88. The highest BCUT2D eigenvalue weighted by Gasteiger charge is 2.44. The van der Waals surface area contributed by atoms with Gasteiger partial charge in [0.1, 0.15) is 6.04 Å². The van der Waals surface area contributed by atoms with Crippen LogP contribution in [0.5, 0.6) is 0 Å². The molecule has 5 heteroatoms. The first-order valence-electron chi connectivity index (χ1n) is 6.45. The largest absolute Gasteiger partial charge is 0.481 e. The first-order valence-corrected chi connectivity index (χ1v) is 6.45. The number of nitrogens with one attached hydrogen (secondary N) is 1. The Hall–Kier alpha value is -1.88. The van der Waals surface area contributed by atoms with Gasteiger partial charge in [0, 0.05) is 0 Å². The van der Waals surface area contributed by atoms with Crippen LogP contribution in [0.15, 0.2) is 30.3 Å². The van der Waals surface area contributed by atoms with E-state index in [1.54, 1.807) is 52.0 Å². The SMILES string of the molecule is CC(C)(NC(=O)[C@H](N)c1ccccc1)C(C)(C)C(=O)O. The van der Waals surface area contributed by atoms with Crippen LogP contribution in [-0.4, -0.2) is 22.5 Å². The van der Waals surface area contributed by atoms with E-state index < -0.39 is 28.9 Å². The first-order chi connectivity index (χ1) is 9.09. The zero-order chi connectivity index (χ0) is 15.6. The Bertz CT molecular complexity index is 495. The van der Waals surface area contributed by atoms with E-state index in [0.29, 0.717) is 5.56 Å². The minimum Gasteiger partial charge on any atom is -0.481 e. The van der Waals surface area contributed by atoms with Crippen molar-refractivity contribution < 1.29 is 14.7 Å². The number of carboxylic acid groups (broad SMARTS) is 1. The highest BCUT2D eigenvalue weighted by atomic mass is 16.4. The monoisotopic (exact) mass is 278 g/mol. The molecule has 0 saturated carbocycles. The standard InChI is InChI=1S/C15H22N2O3/c1-14(2,13(19)20)15(3,4)17-12(18)11(16)10-8-6-5-7-9-10/h5-9,11H,16H2,1-4H3,(H,17,18)(H,19,20)/t11-/m1/s1. The Morgan fingerprint density at radius 3 is 2.10 bits per heavy atom. The lowest BCUT2D eigenvalue weighted by Gasteiger charge is -2.39. The Labute approximate surface area is 119 Å². The lowest BCUT2D eigenvalue weighted by Crippen LogP contribution is -2.58. The summed E-state index contributed by atoms with van der Waals surface area (Å²) in [5, 5.41) is 12.0. The number of aliphatic carboxylic acids is 1. The topological polar surface area (TPSA) is 92.4 Å². The summed E-state index contributed by atoms with van der Waals surface area (Å²) in [6, 6.07) is 8.15. The van der Waals surface area contributed by atoms with Crippen LogP contribution in [0.1, 0.15) is 39.3 Å². The summed E-state index contributed by atoms with van der Waals surface area (Å²) in [5.74, 6) is -1.37. The van der Waals surface area contributed by atoms with E-state index in [9.17, 15) is 14.7 Å². The molecule has 0 aliphatic heterocycles. The second-order valence-corrected chi connectivity index (χ2v) is 5.93. The van der Waals surface area contributed by atoms with Crippen LogP contribution in [-0.2, 0) is 9.59 Å². The summed E-state index contributed by atoms with van der Waals surface area (Å²) in [4.78, 5) is 23.5. The third-order valence-electron chi connectivity index (χ3n) is 3.97. The number of carbonyl (C=O) groups excluding carboxylic acids is 1. The molecule has 0 saturated heterocycles. The Kier molecular flexibility index (Phi) is 4.55. The summed E-state index contributed by atoms with van der Waals surface area (Å²) in [6.07, 6.45) is 0. The van der Waals surface area contributed by atoms with E-state index in [2.05, 4.69) is 5.32 Å². The van der Waals surface area contributed by atoms with Crippen LogP contribution in [0.2, 0.25) is 0 Å². The number of benzene rings is 1. The molecule has 1 aromatic rings. The number of nitrogens with two attached hydrogens (primary N) is 1. The summed E-state index contributed by atoms with van der Waals surface area (Å²) in [6.45, 7) is 6.50. The molecule has 0 unspecified atom stereocenters. The molecule has 0 heterocycles. The lowest BCUT2D eigenvalue weighted by molar-refractivity contribution is -0.151. The smallest absolute Gasteiger partial charge is 0.311 e. The lowest BCUT2D eigenvalue weighted by atomic mass is 9.74. The number of amides is 1. The highest BCUT2D eigenvalue weighted by Crippen LogP contribution is 2.31. The van der Waals surface area contributed by atoms with Gasteiger partial charge in [-0.05, 0) is 33.3 Å². The van der Waals surface area contributed by atoms with Crippen LogP contribution in [0.4, 0.5) is 0 Å². The second-order valence-electron chi connectivity index (χ2n) is 5.93. The van der Waals surface area contributed by atoms with Crippen molar-refractivity contribution in [3.05, 3.63) is 35.9 Å². The maximum absolute atomic E-state index is 12.2. The first kappa shape index (κ1) is 16.2. The fourth-order valence-electron chi connectivity index (χ4n) is 1.62. The van der Waals surface area contributed by atoms with Crippen LogP contribution in [0.3, 0.4) is 0 Å². The minimum atomic E-state index is -1.11. The van der Waals surface area contributed by atoms with Crippen molar-refractivity contribution in [3.8, 4) is 0 Å². The molecule has 0 spiro atoms. The predicted octanol–water partition coefficient (Wildman–Crippen LogP) is 1.69. The maximum Gasteiger partial charge on any atom is 0.311 e. The van der Waals surface area contributed by atoms with Gasteiger partial charge in [-0.1, -0.05) is 30.3 Å². The summed E-state index contributed by atoms with van der Waals surface area (Å²) < 4.78 is 0. The molecule has 1 rings (SSSR count). The van der Waals surface area contributed by atoms with E-state index in [-0.39, 0.29) is 0 Å². The molecular weight excluding hydrogens is 256 g/mol. The van der Waals surface area contributed by atoms with Crippen molar-refractivity contribution in [2.45, 2.75) is 39.3 Å². The van der Waals surface area contributed by atoms with E-state index in [1.165, 1.54) is 0 Å². The number of carbonyl (C=O) groups is 2. The Morgan fingerprint density at radius 1 is 1.15 bits per heavy atom. The summed E-state index contributed by atoms with van der Waals surface area (Å²) in [7, 11) is 0. The maximum atomic E-state index is 12.2. The molecule has 0 aliphatic carbocycles. The van der Waals surface area contributed by atoms with E-state index in [4.69, 9.17) is 5.73 Å². The number of hydrogen-bond acceptors (Lipinski definition) is 3. The van der Waals surface area contributed by atoms with Crippen molar-refractivity contribution in [3.63, 3.8) is 0 Å². The quantitative estimate of drug-likeness (QED) is 0.764. The van der Waals surface area contributed by atoms with E-state index >= 15 is 0 Å². The number of hydrogen-bond donors (Lipinski definition) is 3. The molecule has 1 amide bonds. The van der Waals surface area contributed by atoms with Crippen LogP contribution in [0, 0.1) is 5.41 Å². The molecule has 0 aromatic heterocycles. The fraction of sp³-hybridized carbons (Fsp3) is 0.467. The molecule has 20 heavy (non-hydrogen) atoms. The molecule has 110 valence electrons. The van der Waals surface area contributed by atoms with Crippen molar-refractivity contribution in [2.24, 2.45) is 11.1 Å². The van der Waals surface area contributed by atoms with Gasteiger partial charge < -0.3 is 16.2 Å². The molecule has 0 aliphatic rings. The van der Waals surface area contributed by atoms with Crippen LogP contribution >= 0.6 is 0 Å². The van der Waals surface area contributed by atoms with Gasteiger partial charge in [0.2, 0.25) is 5.91 Å². The average Bonchev–Trinajstić information content (AvgIpc) is 2.37. The van der Waals surface area contributed by atoms with Gasteiger partial charge in [0.05, 0.1) is 11.0 Å². The zero-order valence-corrected chi connectivity index (χ0v) is 12.3. The van der Waals surface area contributed by atoms with Gasteiger partial charge in [-0.15, -0.1) is 0 Å². The fourth-order valence-corrected chi connectivity index (χ4v) is 1.62. The average molecular weight is 278 g/mol. The van der Waals surface area contributed by atoms with Gasteiger partial charge in [-0.2, -0.15) is 0 Å². The van der Waals surface area contributed by atoms with Crippen molar-refractivity contribution in [2.75, 3.05) is 0 Å². The second kappa shape index (κ2) is 5.63. The third-order valence-corrected chi connectivity index (χ3v) is 3.97. The molecular formula is C15H22N2O3. The van der Waals surface area contributed by atoms with E-state index in [0.717, 1.165) is 0 Å². The van der Waals surface area contributed by atoms with Gasteiger partial charge in [-0.3, -0.25) is 9.59 Å². The molecule has 5 nitrogen and oxygen atoms in total. The van der Waals surface area contributed by atoms with Gasteiger partial charge >= 0.3 is 5.97 Å². The number of rotatable bonds is 5. The molecule has 4 N–H and O–H groups in total. The zero-order valence-electron chi connectivity index (χ0n) is 12.3. The highest BCUT2D eigenvalue weighted by molar-refractivity contribution is 5.85. The number of carboxylic acids is 1. The van der Waals surface area contributed by atoms with Gasteiger partial charge in [0.15, 0.2) is 0 Å². The summed E-state index contributed by atoms with van der Waals surface area (Å²) >= 11 is 0. The molecule has 0 bridgehead atoms. The van der Waals surface area contributed by atoms with Crippen LogP contribution in [0.25, 0.3) is 0 Å². The minimum absolute atomic E-state index is 0.393. The molecule has 1 atom stereocenters. The molecule has 1 aromatic carbocycles. The van der Waals surface area contributed by atoms with Gasteiger partial charge in [-0.25, -0.2) is 0 Å². The van der Waals surface area contributed by atoms with Crippen LogP contribution < -0.4 is 11.1 Å². The molecule has 0 fully saturated rings. The Morgan fingerprint density at radius 2 is 1.65 bits per heavy atom.